The predicted molar refractivity (Wildman–Crippen MR) is 123 cm³/mol. The second kappa shape index (κ2) is 8.38. The highest BCUT2D eigenvalue weighted by Gasteiger charge is 2.31. The van der Waals surface area contributed by atoms with Gasteiger partial charge in [0.1, 0.15) is 17.6 Å². The van der Waals surface area contributed by atoms with Gasteiger partial charge in [-0.3, -0.25) is 4.98 Å². The third kappa shape index (κ3) is 3.47. The summed E-state index contributed by atoms with van der Waals surface area (Å²) < 4.78 is 21.2. The number of aromatic nitrogens is 3. The van der Waals surface area contributed by atoms with Crippen molar-refractivity contribution in [2.75, 3.05) is 7.11 Å². The summed E-state index contributed by atoms with van der Waals surface area (Å²) in [7, 11) is 1.67. The van der Waals surface area contributed by atoms with Crippen LogP contribution in [0.25, 0.3) is 11.1 Å². The molecule has 0 amide bonds. The molecular weight excluding hydrogens is 403 g/mol. The zero-order valence-electron chi connectivity index (χ0n) is 18.0. The van der Waals surface area contributed by atoms with Crippen LogP contribution < -0.4 is 4.74 Å². The summed E-state index contributed by atoms with van der Waals surface area (Å²) in [5.74, 6) is 1.27. The highest BCUT2D eigenvalue weighted by atomic mass is 19.1. The molecule has 0 aliphatic carbocycles. The summed E-state index contributed by atoms with van der Waals surface area (Å²) in [5, 5.41) is 4.94. The second-order valence-electron chi connectivity index (χ2n) is 7.68. The first-order chi connectivity index (χ1) is 15.7. The number of aryl methyl sites for hydroxylation is 1. The van der Waals surface area contributed by atoms with Gasteiger partial charge in [0, 0.05) is 23.7 Å². The molecule has 1 aliphatic heterocycles. The van der Waals surface area contributed by atoms with E-state index >= 15 is 0 Å². The van der Waals surface area contributed by atoms with E-state index < -0.39 is 0 Å². The van der Waals surface area contributed by atoms with Crippen molar-refractivity contribution in [1.82, 2.24) is 14.8 Å². The molecule has 0 bridgehead atoms. The van der Waals surface area contributed by atoms with Gasteiger partial charge in [-0.15, -0.1) is 0 Å². The van der Waals surface area contributed by atoms with Crippen LogP contribution >= 0.6 is 0 Å². The Balaban J connectivity index is 1.76. The van der Waals surface area contributed by atoms with E-state index in [-0.39, 0.29) is 11.9 Å². The van der Waals surface area contributed by atoms with E-state index in [0.717, 1.165) is 51.8 Å². The second-order valence-corrected chi connectivity index (χ2v) is 7.68. The van der Waals surface area contributed by atoms with E-state index in [1.54, 1.807) is 25.4 Å². The van der Waals surface area contributed by atoms with Gasteiger partial charge in [0.05, 0.1) is 24.2 Å². The molecule has 3 heterocycles. The molecule has 0 radical (unpaired) electrons. The van der Waals surface area contributed by atoms with E-state index in [1.807, 2.05) is 47.1 Å². The quantitative estimate of drug-likeness (QED) is 0.407. The Morgan fingerprint density at radius 1 is 1.03 bits per heavy atom. The molecule has 2 aromatic heterocycles. The van der Waals surface area contributed by atoms with Crippen LogP contribution in [0.4, 0.5) is 10.2 Å². The number of nitrogens with zero attached hydrogens (tertiary/aromatic N) is 4. The maximum Gasteiger partial charge on any atom is 0.159 e. The van der Waals surface area contributed by atoms with Crippen molar-refractivity contribution in [1.29, 1.82) is 0 Å². The Hall–Kier alpha value is -3.80. The molecular formula is C26H23FN4O. The first-order valence-corrected chi connectivity index (χ1v) is 10.7. The summed E-state index contributed by atoms with van der Waals surface area (Å²) >= 11 is 0. The standard InChI is InChI=1S/C26H23FN4O/c1-3-20-25(17-11-13-18(27)14-12-17)26-29-22(19-8-4-5-10-24(19)32-2)16-23(31(26)30-20)21-9-6-7-15-28-21/h4-15,23H,3,16H2,1-2H3/t23-/m0/s1. The summed E-state index contributed by atoms with van der Waals surface area (Å²) in [5.41, 5.74) is 5.54. The highest BCUT2D eigenvalue weighted by Crippen LogP contribution is 2.42. The Labute approximate surface area is 186 Å². The lowest BCUT2D eigenvalue weighted by Gasteiger charge is -2.25. The average molecular weight is 426 g/mol. The molecule has 6 heteroatoms. The first-order valence-electron chi connectivity index (χ1n) is 10.7. The zero-order valence-corrected chi connectivity index (χ0v) is 18.0. The van der Waals surface area contributed by atoms with Crippen molar-refractivity contribution in [3.05, 3.63) is 95.7 Å². The molecule has 1 aliphatic rings. The lowest BCUT2D eigenvalue weighted by Crippen LogP contribution is -2.22. The van der Waals surface area contributed by atoms with Crippen LogP contribution in [0.1, 0.15) is 36.3 Å². The number of ether oxygens (including phenoxy) is 1. The van der Waals surface area contributed by atoms with Gasteiger partial charge in [0.15, 0.2) is 5.82 Å². The molecule has 4 aromatic rings. The van der Waals surface area contributed by atoms with Crippen molar-refractivity contribution in [2.24, 2.45) is 4.99 Å². The lowest BCUT2D eigenvalue weighted by molar-refractivity contribution is 0.413. The molecule has 0 fully saturated rings. The van der Waals surface area contributed by atoms with Crippen LogP contribution in [0.5, 0.6) is 5.75 Å². The molecule has 0 spiro atoms. The average Bonchev–Trinajstić information content (AvgIpc) is 3.23. The molecule has 0 N–H and O–H groups in total. The maximum atomic E-state index is 13.6. The van der Waals surface area contributed by atoms with Gasteiger partial charge in [-0.1, -0.05) is 37.3 Å². The van der Waals surface area contributed by atoms with Crippen LogP contribution in [0, 0.1) is 5.82 Å². The van der Waals surface area contributed by atoms with Crippen LogP contribution in [0.15, 0.2) is 77.9 Å². The SMILES string of the molecule is CCc1nn2c(c1-c1ccc(F)cc1)N=C(c1ccccc1OC)C[C@H]2c1ccccn1. The number of hydrogen-bond donors (Lipinski definition) is 0. The van der Waals surface area contributed by atoms with E-state index in [4.69, 9.17) is 14.8 Å². The number of benzene rings is 2. The third-order valence-electron chi connectivity index (χ3n) is 5.80. The van der Waals surface area contributed by atoms with Crippen molar-refractivity contribution < 1.29 is 9.13 Å². The molecule has 32 heavy (non-hydrogen) atoms. The Morgan fingerprint density at radius 2 is 1.81 bits per heavy atom. The molecule has 2 aromatic carbocycles. The molecule has 0 saturated carbocycles. The predicted octanol–water partition coefficient (Wildman–Crippen LogP) is 5.77. The minimum atomic E-state index is -0.266. The molecule has 0 saturated heterocycles. The van der Waals surface area contributed by atoms with Crippen molar-refractivity contribution in [2.45, 2.75) is 25.8 Å². The molecule has 5 nitrogen and oxygen atoms in total. The monoisotopic (exact) mass is 426 g/mol. The number of aliphatic imine (C=N–C) groups is 1. The van der Waals surface area contributed by atoms with E-state index in [9.17, 15) is 4.39 Å². The largest absolute Gasteiger partial charge is 0.496 e. The summed E-state index contributed by atoms with van der Waals surface area (Å²) in [4.78, 5) is 9.71. The van der Waals surface area contributed by atoms with Crippen LogP contribution in [-0.2, 0) is 6.42 Å². The molecule has 5 rings (SSSR count). The highest BCUT2D eigenvalue weighted by molar-refractivity contribution is 6.06. The van der Waals surface area contributed by atoms with Gasteiger partial charge in [0.25, 0.3) is 0 Å². The van der Waals surface area contributed by atoms with Gasteiger partial charge < -0.3 is 4.74 Å². The number of pyridine rings is 1. The normalized spacial score (nSPS) is 15.2. The minimum Gasteiger partial charge on any atom is -0.496 e. The summed E-state index contributed by atoms with van der Waals surface area (Å²) in [6.07, 6.45) is 3.17. The number of halogens is 1. The Kier molecular flexibility index (Phi) is 5.27. The molecule has 1 atom stereocenters. The number of methoxy groups -OCH3 is 1. The molecule has 0 unspecified atom stereocenters. The third-order valence-corrected chi connectivity index (χ3v) is 5.80. The maximum absolute atomic E-state index is 13.6. The minimum absolute atomic E-state index is 0.108. The van der Waals surface area contributed by atoms with Crippen LogP contribution in [0.2, 0.25) is 0 Å². The van der Waals surface area contributed by atoms with Crippen molar-refractivity contribution in [3.63, 3.8) is 0 Å². The van der Waals surface area contributed by atoms with Gasteiger partial charge in [0.2, 0.25) is 0 Å². The van der Waals surface area contributed by atoms with Crippen molar-refractivity contribution >= 4 is 11.5 Å². The summed E-state index contributed by atoms with van der Waals surface area (Å²) in [6, 6.07) is 20.2. The van der Waals surface area contributed by atoms with Gasteiger partial charge in [-0.2, -0.15) is 5.10 Å². The lowest BCUT2D eigenvalue weighted by atomic mass is 9.97. The smallest absolute Gasteiger partial charge is 0.159 e. The number of hydrogen-bond acceptors (Lipinski definition) is 4. The Bertz CT molecular complexity index is 1280. The number of para-hydroxylation sites is 1. The number of fused-ring (bicyclic) bond motifs is 1. The first kappa shape index (κ1) is 20.1. The Morgan fingerprint density at radius 3 is 2.53 bits per heavy atom. The summed E-state index contributed by atoms with van der Waals surface area (Å²) in [6.45, 7) is 2.07. The van der Waals surface area contributed by atoms with Crippen molar-refractivity contribution in [3.8, 4) is 16.9 Å². The topological polar surface area (TPSA) is 52.3 Å². The fourth-order valence-corrected chi connectivity index (χ4v) is 4.25. The molecule has 160 valence electrons. The van der Waals surface area contributed by atoms with Crippen LogP contribution in [0.3, 0.4) is 0 Å². The van der Waals surface area contributed by atoms with Gasteiger partial charge >= 0.3 is 0 Å². The van der Waals surface area contributed by atoms with Gasteiger partial charge in [-0.05, 0) is 48.4 Å². The zero-order chi connectivity index (χ0) is 22.1. The van der Waals surface area contributed by atoms with E-state index in [0.29, 0.717) is 6.42 Å². The van der Waals surface area contributed by atoms with Gasteiger partial charge in [-0.25, -0.2) is 14.1 Å². The van der Waals surface area contributed by atoms with Crippen LogP contribution in [-0.4, -0.2) is 27.6 Å². The number of rotatable bonds is 5. The fraction of sp³-hybridized carbons (Fsp3) is 0.192. The fourth-order valence-electron chi connectivity index (χ4n) is 4.25. The van der Waals surface area contributed by atoms with E-state index in [2.05, 4.69) is 11.9 Å². The van der Waals surface area contributed by atoms with E-state index in [1.165, 1.54) is 12.1 Å².